The molecule has 0 spiro atoms. The minimum Gasteiger partial charge on any atom is -0.390 e. The van der Waals surface area contributed by atoms with E-state index in [0.717, 1.165) is 53.9 Å². The fraction of sp³-hybridized carbons (Fsp3) is 0.333. The Bertz CT molecular complexity index is 1320. The number of ether oxygens (including phenoxy) is 1. The van der Waals surface area contributed by atoms with E-state index in [9.17, 15) is 32.3 Å². The maximum Gasteiger partial charge on any atom is 0.252 e. The SMILES string of the molecule is CCc1cccc(CN(C[C@@H](O)[C@@H](N)Cc2cc(F)cc(F)c2)C(=O)C(CC(=O)c2ccc(F)c(F)c2)OC)c1. The Labute approximate surface area is 230 Å². The molecular weight excluding hydrogens is 528 g/mol. The van der Waals surface area contributed by atoms with Crippen LogP contribution in [0, 0.1) is 23.3 Å². The average molecular weight is 561 g/mol. The first-order valence-corrected chi connectivity index (χ1v) is 12.8. The van der Waals surface area contributed by atoms with Crippen molar-refractivity contribution in [2.75, 3.05) is 13.7 Å². The van der Waals surface area contributed by atoms with Gasteiger partial charge in [0.15, 0.2) is 17.4 Å². The molecule has 1 amide bonds. The summed E-state index contributed by atoms with van der Waals surface area (Å²) in [5.74, 6) is -5.14. The summed E-state index contributed by atoms with van der Waals surface area (Å²) in [6.07, 6.45) is -2.37. The van der Waals surface area contributed by atoms with Crippen molar-refractivity contribution in [2.45, 2.75) is 51.0 Å². The van der Waals surface area contributed by atoms with Crippen LogP contribution in [0.15, 0.2) is 60.7 Å². The van der Waals surface area contributed by atoms with Crippen LogP contribution >= 0.6 is 0 Å². The van der Waals surface area contributed by atoms with Gasteiger partial charge in [-0.05, 0) is 59.9 Å². The molecule has 0 bridgehead atoms. The van der Waals surface area contributed by atoms with Crippen LogP contribution in [-0.4, -0.2) is 53.6 Å². The predicted octanol–water partition coefficient (Wildman–Crippen LogP) is 4.35. The number of aryl methyl sites for hydroxylation is 1. The molecule has 40 heavy (non-hydrogen) atoms. The third kappa shape index (κ3) is 8.45. The number of carbonyl (C=O) groups is 2. The average Bonchev–Trinajstić information content (AvgIpc) is 2.91. The highest BCUT2D eigenvalue weighted by molar-refractivity contribution is 5.99. The monoisotopic (exact) mass is 560 g/mol. The molecule has 0 aliphatic heterocycles. The van der Waals surface area contributed by atoms with Crippen molar-refractivity contribution in [3.8, 4) is 0 Å². The van der Waals surface area contributed by atoms with E-state index < -0.39 is 59.6 Å². The molecule has 3 aromatic carbocycles. The van der Waals surface area contributed by atoms with E-state index in [0.29, 0.717) is 0 Å². The molecule has 0 fully saturated rings. The Morgan fingerprint density at radius 2 is 1.60 bits per heavy atom. The number of aliphatic hydroxyl groups is 1. The van der Waals surface area contributed by atoms with Crippen molar-refractivity contribution >= 4 is 11.7 Å². The molecule has 10 heteroatoms. The zero-order chi connectivity index (χ0) is 29.4. The molecule has 3 atom stereocenters. The van der Waals surface area contributed by atoms with Crippen molar-refractivity contribution in [1.82, 2.24) is 4.90 Å². The first-order valence-electron chi connectivity index (χ1n) is 12.8. The molecule has 3 N–H and O–H groups in total. The molecule has 0 radical (unpaired) electrons. The van der Waals surface area contributed by atoms with Gasteiger partial charge >= 0.3 is 0 Å². The highest BCUT2D eigenvalue weighted by Gasteiger charge is 2.30. The van der Waals surface area contributed by atoms with E-state index in [4.69, 9.17) is 10.5 Å². The lowest BCUT2D eigenvalue weighted by molar-refractivity contribution is -0.144. The number of rotatable bonds is 13. The van der Waals surface area contributed by atoms with Crippen molar-refractivity contribution in [1.29, 1.82) is 0 Å². The first kappa shape index (κ1) is 30.9. The van der Waals surface area contributed by atoms with Gasteiger partial charge in [0.05, 0.1) is 6.10 Å². The minimum atomic E-state index is -1.30. The normalized spacial score (nSPS) is 13.5. The number of benzene rings is 3. The van der Waals surface area contributed by atoms with E-state index in [1.165, 1.54) is 12.0 Å². The molecule has 0 aliphatic carbocycles. The third-order valence-electron chi connectivity index (χ3n) is 6.55. The number of ketones is 1. The second-order valence-electron chi connectivity index (χ2n) is 9.59. The van der Waals surface area contributed by atoms with Gasteiger partial charge in [0, 0.05) is 44.3 Å². The molecule has 1 unspecified atom stereocenters. The number of Topliss-reactive ketones (excluding diaryl/α,β-unsaturated/α-hetero) is 1. The molecule has 3 aromatic rings. The molecule has 0 heterocycles. The lowest BCUT2D eigenvalue weighted by Crippen LogP contribution is -2.49. The summed E-state index contributed by atoms with van der Waals surface area (Å²) >= 11 is 0. The summed E-state index contributed by atoms with van der Waals surface area (Å²) in [6, 6.07) is 12.1. The van der Waals surface area contributed by atoms with Crippen molar-refractivity contribution in [3.63, 3.8) is 0 Å². The minimum absolute atomic E-state index is 0.0459. The second-order valence-corrected chi connectivity index (χ2v) is 9.59. The van der Waals surface area contributed by atoms with E-state index >= 15 is 0 Å². The molecule has 0 saturated carbocycles. The zero-order valence-electron chi connectivity index (χ0n) is 22.2. The summed E-state index contributed by atoms with van der Waals surface area (Å²) in [7, 11) is 1.23. The summed E-state index contributed by atoms with van der Waals surface area (Å²) in [6.45, 7) is 1.75. The van der Waals surface area contributed by atoms with Gasteiger partial charge in [0.2, 0.25) is 0 Å². The molecule has 0 saturated heterocycles. The quantitative estimate of drug-likeness (QED) is 0.240. The van der Waals surface area contributed by atoms with Crippen LogP contribution in [0.25, 0.3) is 0 Å². The van der Waals surface area contributed by atoms with E-state index in [1.54, 1.807) is 6.07 Å². The number of halogens is 4. The second kappa shape index (κ2) is 14.2. The van der Waals surface area contributed by atoms with Crippen molar-refractivity contribution < 1.29 is 37.0 Å². The van der Waals surface area contributed by atoms with Gasteiger partial charge < -0.3 is 20.5 Å². The van der Waals surface area contributed by atoms with Gasteiger partial charge in [-0.25, -0.2) is 17.6 Å². The highest BCUT2D eigenvalue weighted by atomic mass is 19.2. The number of nitrogens with two attached hydrogens (primary N) is 1. The number of carbonyl (C=O) groups excluding carboxylic acids is 2. The van der Waals surface area contributed by atoms with Crippen LogP contribution in [0.5, 0.6) is 0 Å². The molecule has 0 aliphatic rings. The van der Waals surface area contributed by atoms with Crippen LogP contribution in [0.4, 0.5) is 17.6 Å². The molecular formula is C30H32F4N2O4. The Balaban J connectivity index is 1.81. The molecule has 214 valence electrons. The molecule has 0 aromatic heterocycles. The van der Waals surface area contributed by atoms with Gasteiger partial charge in [0.1, 0.15) is 17.7 Å². The largest absolute Gasteiger partial charge is 0.390 e. The fourth-order valence-electron chi connectivity index (χ4n) is 4.33. The fourth-order valence-corrected chi connectivity index (χ4v) is 4.33. The van der Waals surface area contributed by atoms with Crippen LogP contribution in [0.1, 0.15) is 40.4 Å². The van der Waals surface area contributed by atoms with E-state index in [1.807, 2.05) is 25.1 Å². The summed E-state index contributed by atoms with van der Waals surface area (Å²) in [4.78, 5) is 27.6. The number of hydrogen-bond acceptors (Lipinski definition) is 5. The number of nitrogens with zero attached hydrogens (tertiary/aromatic N) is 1. The molecule has 3 rings (SSSR count). The first-order chi connectivity index (χ1) is 19.0. The van der Waals surface area contributed by atoms with Crippen LogP contribution < -0.4 is 5.73 Å². The summed E-state index contributed by atoms with van der Waals surface area (Å²) in [5, 5.41) is 10.9. The number of amides is 1. The Kier molecular flexibility index (Phi) is 10.9. The van der Waals surface area contributed by atoms with Gasteiger partial charge in [-0.2, -0.15) is 0 Å². The van der Waals surface area contributed by atoms with Crippen molar-refractivity contribution in [2.24, 2.45) is 5.73 Å². The highest BCUT2D eigenvalue weighted by Crippen LogP contribution is 2.18. The number of aliphatic hydroxyl groups excluding tert-OH is 1. The van der Waals surface area contributed by atoms with Gasteiger partial charge in [-0.1, -0.05) is 31.2 Å². The Hall–Kier alpha value is -3.60. The van der Waals surface area contributed by atoms with Crippen molar-refractivity contribution in [3.05, 3.63) is 106 Å². The predicted molar refractivity (Wildman–Crippen MR) is 141 cm³/mol. The maximum atomic E-state index is 13.7. The molecule has 6 nitrogen and oxygen atoms in total. The van der Waals surface area contributed by atoms with Gasteiger partial charge in [-0.3, -0.25) is 9.59 Å². The lowest BCUT2D eigenvalue weighted by atomic mass is 10.00. The topological polar surface area (TPSA) is 92.9 Å². The Morgan fingerprint density at radius 3 is 2.23 bits per heavy atom. The van der Waals surface area contributed by atoms with Crippen LogP contribution in [0.2, 0.25) is 0 Å². The van der Waals surface area contributed by atoms with Crippen LogP contribution in [-0.2, 0) is 28.9 Å². The van der Waals surface area contributed by atoms with E-state index in [-0.39, 0.29) is 30.6 Å². The standard InChI is InChI=1S/C30H32F4N2O4/c1-3-18-5-4-6-19(9-18)16-36(17-28(38)26(35)12-20-10-22(31)14-23(32)11-20)30(39)29(40-2)15-27(37)21-7-8-24(33)25(34)13-21/h4-11,13-14,26,28-29,38H,3,12,15-17,35H2,1-2H3/t26-,28+,29?/m0/s1. The summed E-state index contributed by atoms with van der Waals surface area (Å²) in [5.41, 5.74) is 8.03. The van der Waals surface area contributed by atoms with Crippen LogP contribution in [0.3, 0.4) is 0 Å². The van der Waals surface area contributed by atoms with E-state index in [2.05, 4.69) is 0 Å². The maximum absolute atomic E-state index is 13.7. The van der Waals surface area contributed by atoms with Gasteiger partial charge in [-0.15, -0.1) is 0 Å². The van der Waals surface area contributed by atoms with Gasteiger partial charge in [0.25, 0.3) is 5.91 Å². The zero-order valence-corrected chi connectivity index (χ0v) is 22.2. The third-order valence-corrected chi connectivity index (χ3v) is 6.55. The number of hydrogen-bond donors (Lipinski definition) is 2. The smallest absolute Gasteiger partial charge is 0.252 e. The number of methoxy groups -OCH3 is 1. The summed E-state index contributed by atoms with van der Waals surface area (Å²) < 4.78 is 59.5. The lowest BCUT2D eigenvalue weighted by Gasteiger charge is -2.31. The Morgan fingerprint density at radius 1 is 0.925 bits per heavy atom.